The van der Waals surface area contributed by atoms with Crippen LogP contribution in [-0.2, 0) is 19.0 Å². The number of carbonyl (C=O) groups is 1. The molecule has 0 fully saturated rings. The largest absolute Gasteiger partial charge is 0.479 e. The van der Waals surface area contributed by atoms with Crippen molar-refractivity contribution in [1.29, 1.82) is 0 Å². The van der Waals surface area contributed by atoms with Crippen LogP contribution in [0.2, 0.25) is 0 Å². The van der Waals surface area contributed by atoms with Crippen LogP contribution in [0.15, 0.2) is 0 Å². The number of ether oxygens (including phenoxy) is 3. The summed E-state index contributed by atoms with van der Waals surface area (Å²) in [7, 11) is 0. The monoisotopic (exact) mass is 318 g/mol. The van der Waals surface area contributed by atoms with E-state index in [0.717, 1.165) is 6.42 Å². The fraction of sp³-hybridized carbons (Fsp3) is 0.941. The van der Waals surface area contributed by atoms with Gasteiger partial charge in [-0.1, -0.05) is 20.3 Å². The van der Waals surface area contributed by atoms with Gasteiger partial charge in [-0.25, -0.2) is 4.79 Å². The first-order chi connectivity index (χ1) is 10.1. The molecule has 5 nitrogen and oxygen atoms in total. The van der Waals surface area contributed by atoms with E-state index in [0.29, 0.717) is 6.42 Å². The molecule has 0 spiro atoms. The van der Waals surface area contributed by atoms with Crippen molar-refractivity contribution in [2.45, 2.75) is 104 Å². The molecule has 5 heteroatoms. The average molecular weight is 318 g/mol. The molecular formula is C17H34O5. The molecule has 132 valence electrons. The maximum absolute atomic E-state index is 12.2. The number of carboxylic acids is 1. The second kappa shape index (κ2) is 8.85. The van der Waals surface area contributed by atoms with E-state index in [1.165, 1.54) is 0 Å². The normalized spacial score (nSPS) is 15.6. The van der Waals surface area contributed by atoms with E-state index < -0.39 is 17.4 Å². The molecule has 0 aromatic heterocycles. The van der Waals surface area contributed by atoms with E-state index in [4.69, 9.17) is 14.2 Å². The van der Waals surface area contributed by atoms with Gasteiger partial charge in [0.25, 0.3) is 0 Å². The number of hydrogen-bond donors (Lipinski definition) is 1. The van der Waals surface area contributed by atoms with Crippen LogP contribution in [0.5, 0.6) is 0 Å². The van der Waals surface area contributed by atoms with Crippen molar-refractivity contribution in [1.82, 2.24) is 0 Å². The second-order valence-electron chi connectivity index (χ2n) is 6.49. The lowest BCUT2D eigenvalue weighted by molar-refractivity contribution is -0.354. The Labute approximate surface area is 135 Å². The van der Waals surface area contributed by atoms with Crippen molar-refractivity contribution < 1.29 is 24.1 Å². The lowest BCUT2D eigenvalue weighted by atomic mass is 9.85. The van der Waals surface area contributed by atoms with Gasteiger partial charge in [-0.05, 0) is 48.0 Å². The highest BCUT2D eigenvalue weighted by Gasteiger charge is 2.60. The van der Waals surface area contributed by atoms with Gasteiger partial charge in [0.1, 0.15) is 0 Å². The zero-order valence-electron chi connectivity index (χ0n) is 15.4. The van der Waals surface area contributed by atoms with Crippen molar-refractivity contribution in [3.05, 3.63) is 0 Å². The molecule has 1 atom stereocenters. The number of aliphatic carboxylic acids is 1. The molecule has 1 N–H and O–H groups in total. The van der Waals surface area contributed by atoms with Crippen LogP contribution in [-0.4, -0.2) is 40.8 Å². The van der Waals surface area contributed by atoms with Crippen LogP contribution in [0.25, 0.3) is 0 Å². The van der Waals surface area contributed by atoms with Crippen molar-refractivity contribution in [2.24, 2.45) is 0 Å². The Hall–Kier alpha value is -0.650. The Morgan fingerprint density at radius 1 is 0.909 bits per heavy atom. The number of rotatable bonds is 11. The Morgan fingerprint density at radius 3 is 1.55 bits per heavy atom. The zero-order chi connectivity index (χ0) is 17.6. The van der Waals surface area contributed by atoms with E-state index in [-0.39, 0.29) is 24.7 Å². The summed E-state index contributed by atoms with van der Waals surface area (Å²) in [6.07, 6.45) is 0.850. The van der Waals surface area contributed by atoms with E-state index in [1.54, 1.807) is 6.92 Å². The summed E-state index contributed by atoms with van der Waals surface area (Å²) in [5, 5.41) is 9.98. The molecule has 0 bridgehead atoms. The molecule has 0 heterocycles. The van der Waals surface area contributed by atoms with Crippen molar-refractivity contribution in [3.63, 3.8) is 0 Å². The summed E-state index contributed by atoms with van der Waals surface area (Å²) in [5.74, 6) is -2.35. The van der Waals surface area contributed by atoms with E-state index in [2.05, 4.69) is 0 Å². The molecular weight excluding hydrogens is 284 g/mol. The number of carboxylic acid groups (broad SMARTS) is 1. The van der Waals surface area contributed by atoms with Crippen LogP contribution in [0.4, 0.5) is 0 Å². The Balaban J connectivity index is 6.14. The lowest BCUT2D eigenvalue weighted by Crippen LogP contribution is -2.65. The van der Waals surface area contributed by atoms with Crippen LogP contribution >= 0.6 is 0 Å². The molecule has 0 aliphatic carbocycles. The van der Waals surface area contributed by atoms with Gasteiger partial charge in [-0.3, -0.25) is 0 Å². The molecule has 0 aliphatic heterocycles. The third-order valence-corrected chi connectivity index (χ3v) is 3.33. The SMILES string of the molecule is CCCC(OC(C)C)(OC(C)C)C(CC)(OC(C)C)C(=O)O. The van der Waals surface area contributed by atoms with Crippen molar-refractivity contribution in [2.75, 3.05) is 0 Å². The highest BCUT2D eigenvalue weighted by Crippen LogP contribution is 2.41. The first-order valence-electron chi connectivity index (χ1n) is 8.33. The minimum Gasteiger partial charge on any atom is -0.479 e. The summed E-state index contributed by atoms with van der Waals surface area (Å²) in [4.78, 5) is 12.2. The molecule has 0 saturated heterocycles. The first kappa shape index (κ1) is 21.4. The summed E-state index contributed by atoms with van der Waals surface area (Å²) < 4.78 is 18.1. The minimum atomic E-state index is -1.54. The third-order valence-electron chi connectivity index (χ3n) is 3.33. The topological polar surface area (TPSA) is 65.0 Å². The molecule has 0 aliphatic rings. The average Bonchev–Trinajstić information content (AvgIpc) is 2.33. The quantitative estimate of drug-likeness (QED) is 0.583. The lowest BCUT2D eigenvalue weighted by Gasteiger charge is -2.48. The highest BCUT2D eigenvalue weighted by molar-refractivity contribution is 5.79. The van der Waals surface area contributed by atoms with Gasteiger partial charge in [0, 0.05) is 6.42 Å². The van der Waals surface area contributed by atoms with Gasteiger partial charge in [-0.2, -0.15) is 0 Å². The standard InChI is InChI=1S/C17H34O5/c1-9-11-17(21-13(5)6,22-14(7)8)16(10-2,15(18)19)20-12(3)4/h12-14H,9-11H2,1-8H3,(H,18,19). The zero-order valence-corrected chi connectivity index (χ0v) is 15.4. The third kappa shape index (κ3) is 4.93. The molecule has 0 aromatic rings. The molecule has 22 heavy (non-hydrogen) atoms. The van der Waals surface area contributed by atoms with E-state index >= 15 is 0 Å². The van der Waals surface area contributed by atoms with Crippen LogP contribution < -0.4 is 0 Å². The summed E-state index contributed by atoms with van der Waals surface area (Å²) >= 11 is 0. The maximum Gasteiger partial charge on any atom is 0.341 e. The number of hydrogen-bond acceptors (Lipinski definition) is 4. The van der Waals surface area contributed by atoms with Gasteiger partial charge in [0.2, 0.25) is 11.4 Å². The smallest absolute Gasteiger partial charge is 0.341 e. The molecule has 0 rings (SSSR count). The maximum atomic E-state index is 12.2. The predicted molar refractivity (Wildman–Crippen MR) is 87.0 cm³/mol. The first-order valence-corrected chi connectivity index (χ1v) is 8.33. The van der Waals surface area contributed by atoms with E-state index in [1.807, 2.05) is 48.5 Å². The molecule has 0 radical (unpaired) electrons. The second-order valence-corrected chi connectivity index (χ2v) is 6.49. The highest BCUT2D eigenvalue weighted by atomic mass is 16.7. The summed E-state index contributed by atoms with van der Waals surface area (Å²) in [6, 6.07) is 0. The van der Waals surface area contributed by atoms with Crippen molar-refractivity contribution in [3.8, 4) is 0 Å². The predicted octanol–water partition coefficient (Wildman–Crippen LogP) is 3.99. The van der Waals surface area contributed by atoms with E-state index in [9.17, 15) is 9.90 Å². The minimum absolute atomic E-state index is 0.175. The van der Waals surface area contributed by atoms with Gasteiger partial charge in [-0.15, -0.1) is 0 Å². The Kier molecular flexibility index (Phi) is 8.58. The van der Waals surface area contributed by atoms with Crippen LogP contribution in [0.3, 0.4) is 0 Å². The molecule has 0 aromatic carbocycles. The molecule has 1 unspecified atom stereocenters. The van der Waals surface area contributed by atoms with Crippen molar-refractivity contribution >= 4 is 5.97 Å². The van der Waals surface area contributed by atoms with Gasteiger partial charge in [0.05, 0.1) is 18.3 Å². The van der Waals surface area contributed by atoms with Gasteiger partial charge < -0.3 is 19.3 Å². The molecule has 0 amide bonds. The van der Waals surface area contributed by atoms with Crippen LogP contribution in [0.1, 0.15) is 74.7 Å². The van der Waals surface area contributed by atoms with Crippen LogP contribution in [0, 0.1) is 0 Å². The Morgan fingerprint density at radius 2 is 1.32 bits per heavy atom. The fourth-order valence-electron chi connectivity index (χ4n) is 2.84. The molecule has 0 saturated carbocycles. The van der Waals surface area contributed by atoms with Gasteiger partial charge in [0.15, 0.2) is 0 Å². The van der Waals surface area contributed by atoms with Gasteiger partial charge >= 0.3 is 5.97 Å². The Bertz CT molecular complexity index is 328. The summed E-state index contributed by atoms with van der Waals surface area (Å²) in [5.41, 5.74) is -1.54. The fourth-order valence-corrected chi connectivity index (χ4v) is 2.84. The summed E-state index contributed by atoms with van der Waals surface area (Å²) in [6.45, 7) is 15.0.